The van der Waals surface area contributed by atoms with Gasteiger partial charge < -0.3 is 35.7 Å². The molecule has 4 aliphatic carbocycles. The first-order valence-corrected chi connectivity index (χ1v) is 11.1. The summed E-state index contributed by atoms with van der Waals surface area (Å²) < 4.78 is 5.89. The summed E-state index contributed by atoms with van der Waals surface area (Å²) in [6.45, 7) is 11.0. The monoisotopic (exact) mass is 442 g/mol. The maximum Gasteiger partial charge on any atom is 0.305 e. The van der Waals surface area contributed by atoms with Crippen molar-refractivity contribution in [2.24, 2.45) is 28.6 Å². The molecule has 178 valence electrons. The minimum absolute atomic E-state index is 0. The normalized spacial score (nSPS) is 52.5. The Morgan fingerprint density at radius 2 is 1.77 bits per heavy atom. The van der Waals surface area contributed by atoms with Crippen LogP contribution in [0.5, 0.6) is 0 Å². The molecule has 4 aliphatic rings. The summed E-state index contributed by atoms with van der Waals surface area (Å²) in [6.07, 6.45) is -2.48. The largest absolute Gasteiger partial charge is 0.461 e. The lowest BCUT2D eigenvalue weighted by molar-refractivity contribution is -0.182. The Kier molecular flexibility index (Phi) is 5.74. The third-order valence-electron chi connectivity index (χ3n) is 9.26. The molecule has 0 amide bonds. The van der Waals surface area contributed by atoms with Crippen molar-refractivity contribution in [1.82, 2.24) is 0 Å². The van der Waals surface area contributed by atoms with Crippen molar-refractivity contribution in [3.63, 3.8) is 0 Å². The van der Waals surface area contributed by atoms with Gasteiger partial charge in [-0.2, -0.15) is 0 Å². The SMILES string of the molecule is C=C1[C@@H]2[C@@H](O)[C@H](O)C(C)(C)[C@@]2(O)[C@H](O)C[C@]23C[C@@](C)(O)[C@H](CC[C@@H]12)[C@H]3OC(=O)CC.O. The number of rotatable bonds is 2. The van der Waals surface area contributed by atoms with Gasteiger partial charge >= 0.3 is 5.97 Å². The first kappa shape index (κ1) is 24.6. The minimum atomic E-state index is -1.79. The summed E-state index contributed by atoms with van der Waals surface area (Å²) in [5.74, 6) is -1.80. The van der Waals surface area contributed by atoms with Crippen molar-refractivity contribution in [1.29, 1.82) is 0 Å². The van der Waals surface area contributed by atoms with Gasteiger partial charge in [0, 0.05) is 29.1 Å². The van der Waals surface area contributed by atoms with Crippen LogP contribution in [-0.4, -0.2) is 72.6 Å². The van der Waals surface area contributed by atoms with Crippen LogP contribution in [0, 0.1) is 28.6 Å². The Hall–Kier alpha value is -1.03. The second-order valence-corrected chi connectivity index (χ2v) is 11.0. The molecule has 0 aliphatic heterocycles. The zero-order valence-corrected chi connectivity index (χ0v) is 18.8. The maximum atomic E-state index is 12.3. The lowest BCUT2D eigenvalue weighted by Crippen LogP contribution is -2.57. The molecule has 1 spiro atoms. The number of fused-ring (bicyclic) bond motifs is 2. The topological polar surface area (TPSA) is 159 Å². The number of carbonyl (C=O) groups is 1. The fraction of sp³-hybridized carbons (Fsp3) is 0.870. The predicted molar refractivity (Wildman–Crippen MR) is 112 cm³/mol. The number of hydrogen-bond donors (Lipinski definition) is 5. The van der Waals surface area contributed by atoms with Gasteiger partial charge in [0.25, 0.3) is 0 Å². The average molecular weight is 443 g/mol. The van der Waals surface area contributed by atoms with E-state index < -0.39 is 52.4 Å². The van der Waals surface area contributed by atoms with Crippen LogP contribution in [0.3, 0.4) is 0 Å². The third kappa shape index (κ3) is 2.85. The standard InChI is InChI=1S/C23H36O7.H2O/c1-6-15(25)30-19-13-8-7-12-11(2)16-17(26)18(27)20(3,4)23(16,29)14(24)9-22(12,19)10-21(13,5)28;/h12-14,16-19,24,26-29H,2,6-10H2,1,3-5H3;1H2/t12-,13+,14+,16+,17+,18-,19+,21+,22-,23+;/m0./s1. The zero-order chi connectivity index (χ0) is 22.4. The van der Waals surface area contributed by atoms with E-state index in [1.807, 2.05) is 0 Å². The van der Waals surface area contributed by atoms with Crippen LogP contribution in [0.1, 0.15) is 59.8 Å². The molecular formula is C23H38O8. The van der Waals surface area contributed by atoms with E-state index in [9.17, 15) is 30.3 Å². The highest BCUT2D eigenvalue weighted by Gasteiger charge is 2.75. The summed E-state index contributed by atoms with van der Waals surface area (Å²) in [5.41, 5.74) is -4.27. The van der Waals surface area contributed by atoms with Crippen LogP contribution in [0.4, 0.5) is 0 Å². The molecule has 4 fully saturated rings. The lowest BCUT2D eigenvalue weighted by Gasteiger charge is -2.47. The van der Waals surface area contributed by atoms with E-state index in [0.29, 0.717) is 24.8 Å². The molecule has 0 radical (unpaired) electrons. The number of aliphatic hydroxyl groups excluding tert-OH is 3. The Morgan fingerprint density at radius 1 is 1.16 bits per heavy atom. The van der Waals surface area contributed by atoms with Crippen LogP contribution in [-0.2, 0) is 9.53 Å². The van der Waals surface area contributed by atoms with Gasteiger partial charge in [0.1, 0.15) is 11.7 Å². The number of ether oxygens (including phenoxy) is 1. The summed E-state index contributed by atoms with van der Waals surface area (Å²) in [5, 5.41) is 56.0. The highest BCUT2D eigenvalue weighted by molar-refractivity contribution is 5.69. The van der Waals surface area contributed by atoms with Gasteiger partial charge in [0.05, 0.1) is 23.9 Å². The highest BCUT2D eigenvalue weighted by atomic mass is 16.5. The van der Waals surface area contributed by atoms with Gasteiger partial charge in [0.15, 0.2) is 0 Å². The molecule has 0 saturated heterocycles. The minimum Gasteiger partial charge on any atom is -0.461 e. The predicted octanol–water partition coefficient (Wildman–Crippen LogP) is 0.0805. The molecule has 0 aromatic rings. The van der Waals surface area contributed by atoms with E-state index >= 15 is 0 Å². The molecule has 4 rings (SSSR count). The molecule has 0 aromatic carbocycles. The molecular weight excluding hydrogens is 404 g/mol. The molecule has 2 bridgehead atoms. The van der Waals surface area contributed by atoms with Gasteiger partial charge in [-0.15, -0.1) is 0 Å². The first-order valence-electron chi connectivity index (χ1n) is 11.1. The van der Waals surface area contributed by atoms with Crippen molar-refractivity contribution < 1.29 is 40.5 Å². The van der Waals surface area contributed by atoms with Gasteiger partial charge in [0.2, 0.25) is 0 Å². The molecule has 7 N–H and O–H groups in total. The first-order chi connectivity index (χ1) is 13.8. The van der Waals surface area contributed by atoms with E-state index in [-0.39, 0.29) is 36.1 Å². The summed E-state index contributed by atoms with van der Waals surface area (Å²) in [4.78, 5) is 12.3. The van der Waals surface area contributed by atoms with Crippen molar-refractivity contribution in [3.8, 4) is 0 Å². The van der Waals surface area contributed by atoms with Crippen LogP contribution in [0.15, 0.2) is 12.2 Å². The summed E-state index contributed by atoms with van der Waals surface area (Å²) >= 11 is 0. The Balaban J connectivity index is 0.00000272. The van der Waals surface area contributed by atoms with Gasteiger partial charge in [-0.25, -0.2) is 0 Å². The Bertz CT molecular complexity index is 763. The number of carbonyl (C=O) groups excluding carboxylic acids is 1. The lowest BCUT2D eigenvalue weighted by atomic mass is 9.61. The molecule has 10 atom stereocenters. The van der Waals surface area contributed by atoms with Crippen molar-refractivity contribution in [3.05, 3.63) is 12.2 Å². The molecule has 4 saturated carbocycles. The fourth-order valence-electron chi connectivity index (χ4n) is 7.73. The molecule has 0 aromatic heterocycles. The molecule has 31 heavy (non-hydrogen) atoms. The molecule has 0 unspecified atom stereocenters. The molecule has 0 heterocycles. The fourth-order valence-corrected chi connectivity index (χ4v) is 7.73. The van der Waals surface area contributed by atoms with E-state index in [1.54, 1.807) is 27.7 Å². The number of aliphatic hydroxyl groups is 5. The molecule has 8 nitrogen and oxygen atoms in total. The van der Waals surface area contributed by atoms with Crippen molar-refractivity contribution in [2.45, 2.75) is 95.4 Å². The van der Waals surface area contributed by atoms with E-state index in [4.69, 9.17) is 4.74 Å². The van der Waals surface area contributed by atoms with E-state index in [2.05, 4.69) is 6.58 Å². The average Bonchev–Trinajstić information content (AvgIpc) is 2.83. The quantitative estimate of drug-likeness (QED) is 0.299. The van der Waals surface area contributed by atoms with Crippen LogP contribution in [0.25, 0.3) is 0 Å². The Labute approximate surface area is 183 Å². The van der Waals surface area contributed by atoms with Gasteiger partial charge in [-0.1, -0.05) is 32.9 Å². The second-order valence-electron chi connectivity index (χ2n) is 11.0. The second kappa shape index (κ2) is 7.23. The van der Waals surface area contributed by atoms with Crippen LogP contribution < -0.4 is 0 Å². The van der Waals surface area contributed by atoms with Crippen LogP contribution in [0.2, 0.25) is 0 Å². The van der Waals surface area contributed by atoms with E-state index in [1.165, 1.54) is 0 Å². The molecule has 8 heteroatoms. The van der Waals surface area contributed by atoms with Crippen LogP contribution >= 0.6 is 0 Å². The summed E-state index contributed by atoms with van der Waals surface area (Å²) in [6, 6.07) is 0. The highest BCUT2D eigenvalue weighted by Crippen LogP contribution is 2.69. The van der Waals surface area contributed by atoms with Gasteiger partial charge in [-0.3, -0.25) is 4.79 Å². The van der Waals surface area contributed by atoms with Crippen molar-refractivity contribution >= 4 is 5.97 Å². The number of esters is 1. The van der Waals surface area contributed by atoms with Gasteiger partial charge in [-0.05, 0) is 38.5 Å². The third-order valence-corrected chi connectivity index (χ3v) is 9.26. The summed E-state index contributed by atoms with van der Waals surface area (Å²) in [7, 11) is 0. The smallest absolute Gasteiger partial charge is 0.305 e. The van der Waals surface area contributed by atoms with E-state index in [0.717, 1.165) is 0 Å². The van der Waals surface area contributed by atoms with Crippen molar-refractivity contribution in [2.75, 3.05) is 0 Å². The number of hydrogen-bond acceptors (Lipinski definition) is 7. The zero-order valence-electron chi connectivity index (χ0n) is 18.8. The maximum absolute atomic E-state index is 12.3. The Morgan fingerprint density at radius 3 is 2.35 bits per heavy atom.